The van der Waals surface area contributed by atoms with Crippen LogP contribution in [0.5, 0.6) is 5.75 Å². The van der Waals surface area contributed by atoms with E-state index in [2.05, 4.69) is 0 Å². The minimum Gasteiger partial charge on any atom is -0.507 e. The lowest BCUT2D eigenvalue weighted by Gasteiger charge is -2.08. The van der Waals surface area contributed by atoms with E-state index in [0.717, 1.165) is 22.3 Å². The van der Waals surface area contributed by atoms with Crippen molar-refractivity contribution < 1.29 is 10.2 Å². The fourth-order valence-electron chi connectivity index (χ4n) is 1.73. The SMILES string of the molecule is Cc1ccc(-c2ccccc2O)cc1CO. The largest absolute Gasteiger partial charge is 0.507 e. The molecule has 0 aromatic heterocycles. The minimum absolute atomic E-state index is 0.0211. The number of benzene rings is 2. The number of phenolic OH excluding ortho intramolecular Hbond substituents is 1. The van der Waals surface area contributed by atoms with E-state index in [9.17, 15) is 10.2 Å². The Hall–Kier alpha value is -1.80. The van der Waals surface area contributed by atoms with Gasteiger partial charge in [-0.3, -0.25) is 0 Å². The second-order valence-corrected chi connectivity index (χ2v) is 3.82. The van der Waals surface area contributed by atoms with Gasteiger partial charge in [-0.15, -0.1) is 0 Å². The molecule has 0 radical (unpaired) electrons. The second kappa shape index (κ2) is 4.37. The van der Waals surface area contributed by atoms with E-state index < -0.39 is 0 Å². The van der Waals surface area contributed by atoms with Crippen molar-refractivity contribution in [3.8, 4) is 16.9 Å². The number of hydrogen-bond acceptors (Lipinski definition) is 2. The Bertz CT molecular complexity index is 504. The van der Waals surface area contributed by atoms with E-state index in [4.69, 9.17) is 0 Å². The van der Waals surface area contributed by atoms with Crippen LogP contribution in [0.4, 0.5) is 0 Å². The molecule has 0 aliphatic rings. The molecule has 0 aliphatic heterocycles. The van der Waals surface area contributed by atoms with Crippen LogP contribution in [0.3, 0.4) is 0 Å². The fourth-order valence-corrected chi connectivity index (χ4v) is 1.73. The number of aromatic hydroxyl groups is 1. The van der Waals surface area contributed by atoms with Gasteiger partial charge in [-0.1, -0.05) is 30.3 Å². The van der Waals surface area contributed by atoms with Crippen LogP contribution < -0.4 is 0 Å². The highest BCUT2D eigenvalue weighted by Gasteiger charge is 2.05. The van der Waals surface area contributed by atoms with E-state index in [1.807, 2.05) is 37.3 Å². The van der Waals surface area contributed by atoms with Crippen LogP contribution in [-0.2, 0) is 6.61 Å². The van der Waals surface area contributed by atoms with Crippen molar-refractivity contribution in [3.05, 3.63) is 53.6 Å². The van der Waals surface area contributed by atoms with Gasteiger partial charge < -0.3 is 10.2 Å². The van der Waals surface area contributed by atoms with Gasteiger partial charge in [0.15, 0.2) is 0 Å². The van der Waals surface area contributed by atoms with Gasteiger partial charge >= 0.3 is 0 Å². The molecule has 2 aromatic carbocycles. The van der Waals surface area contributed by atoms with Crippen molar-refractivity contribution >= 4 is 0 Å². The summed E-state index contributed by atoms with van der Waals surface area (Å²) in [6, 6.07) is 13.0. The highest BCUT2D eigenvalue weighted by molar-refractivity contribution is 5.70. The predicted octanol–water partition coefficient (Wildman–Crippen LogP) is 2.86. The van der Waals surface area contributed by atoms with E-state index >= 15 is 0 Å². The molecule has 0 amide bonds. The number of para-hydroxylation sites is 1. The molecule has 0 saturated carbocycles. The predicted molar refractivity (Wildman–Crippen MR) is 64.2 cm³/mol. The number of aliphatic hydroxyl groups excluding tert-OH is 1. The third-order valence-electron chi connectivity index (χ3n) is 2.73. The van der Waals surface area contributed by atoms with Crippen molar-refractivity contribution in [1.29, 1.82) is 0 Å². The number of aryl methyl sites for hydroxylation is 1. The third-order valence-corrected chi connectivity index (χ3v) is 2.73. The molecular weight excluding hydrogens is 200 g/mol. The first-order valence-corrected chi connectivity index (χ1v) is 5.21. The number of phenols is 1. The van der Waals surface area contributed by atoms with Crippen molar-refractivity contribution in [2.24, 2.45) is 0 Å². The molecule has 0 fully saturated rings. The summed E-state index contributed by atoms with van der Waals surface area (Å²) in [5.41, 5.74) is 3.66. The summed E-state index contributed by atoms with van der Waals surface area (Å²) in [6.45, 7) is 1.98. The van der Waals surface area contributed by atoms with Gasteiger partial charge in [0.25, 0.3) is 0 Å². The minimum atomic E-state index is 0.0211. The summed E-state index contributed by atoms with van der Waals surface area (Å²) in [5.74, 6) is 0.259. The monoisotopic (exact) mass is 214 g/mol. The van der Waals surface area contributed by atoms with Crippen molar-refractivity contribution in [1.82, 2.24) is 0 Å². The molecule has 82 valence electrons. The number of rotatable bonds is 2. The van der Waals surface area contributed by atoms with Crippen molar-refractivity contribution in [2.75, 3.05) is 0 Å². The molecule has 16 heavy (non-hydrogen) atoms. The Kier molecular flexibility index (Phi) is 2.93. The normalized spacial score (nSPS) is 10.4. The molecule has 2 nitrogen and oxygen atoms in total. The molecule has 0 spiro atoms. The van der Waals surface area contributed by atoms with Gasteiger partial charge in [0.05, 0.1) is 6.61 Å². The maximum absolute atomic E-state index is 9.73. The molecular formula is C14H14O2. The first-order valence-electron chi connectivity index (χ1n) is 5.21. The van der Waals surface area contributed by atoms with Gasteiger partial charge in [-0.05, 0) is 35.7 Å². The van der Waals surface area contributed by atoms with Crippen LogP contribution >= 0.6 is 0 Å². The molecule has 0 heterocycles. The van der Waals surface area contributed by atoms with Gasteiger partial charge in [0.2, 0.25) is 0 Å². The smallest absolute Gasteiger partial charge is 0.123 e. The lowest BCUT2D eigenvalue weighted by atomic mass is 9.99. The van der Waals surface area contributed by atoms with Crippen molar-refractivity contribution in [3.63, 3.8) is 0 Å². The Morgan fingerprint density at radius 2 is 1.81 bits per heavy atom. The van der Waals surface area contributed by atoms with Gasteiger partial charge in [0, 0.05) is 5.56 Å². The summed E-state index contributed by atoms with van der Waals surface area (Å²) >= 11 is 0. The van der Waals surface area contributed by atoms with E-state index in [1.165, 1.54) is 0 Å². The quantitative estimate of drug-likeness (QED) is 0.807. The molecule has 2 aromatic rings. The summed E-state index contributed by atoms with van der Waals surface area (Å²) in [5, 5.41) is 18.9. The molecule has 0 saturated heterocycles. The first kappa shape index (κ1) is 10.7. The number of hydrogen-bond donors (Lipinski definition) is 2. The molecule has 0 atom stereocenters. The van der Waals surface area contributed by atoms with Crippen LogP contribution in [0.15, 0.2) is 42.5 Å². The maximum Gasteiger partial charge on any atom is 0.123 e. The number of aliphatic hydroxyl groups is 1. The van der Waals surface area contributed by atoms with E-state index in [1.54, 1.807) is 12.1 Å². The Labute approximate surface area is 94.8 Å². The van der Waals surface area contributed by atoms with Gasteiger partial charge in [-0.25, -0.2) is 0 Å². The lowest BCUT2D eigenvalue weighted by molar-refractivity contribution is 0.281. The molecule has 2 heteroatoms. The van der Waals surface area contributed by atoms with Gasteiger partial charge in [0.1, 0.15) is 5.75 Å². The zero-order chi connectivity index (χ0) is 11.5. The molecule has 2 N–H and O–H groups in total. The molecule has 0 aliphatic carbocycles. The van der Waals surface area contributed by atoms with E-state index in [0.29, 0.717) is 0 Å². The lowest BCUT2D eigenvalue weighted by Crippen LogP contribution is -1.89. The highest BCUT2D eigenvalue weighted by Crippen LogP contribution is 2.29. The van der Waals surface area contributed by atoms with Crippen LogP contribution in [0, 0.1) is 6.92 Å². The topological polar surface area (TPSA) is 40.5 Å². The summed E-state index contributed by atoms with van der Waals surface area (Å²) in [6.07, 6.45) is 0. The standard InChI is InChI=1S/C14H14O2/c1-10-6-7-11(8-12(10)9-15)13-4-2-3-5-14(13)16/h2-8,15-16H,9H2,1H3. The summed E-state index contributed by atoms with van der Waals surface area (Å²) in [7, 11) is 0. The van der Waals surface area contributed by atoms with Crippen LogP contribution in [0.1, 0.15) is 11.1 Å². The molecule has 0 unspecified atom stereocenters. The fraction of sp³-hybridized carbons (Fsp3) is 0.143. The zero-order valence-corrected chi connectivity index (χ0v) is 9.14. The third kappa shape index (κ3) is 1.92. The maximum atomic E-state index is 9.73. The van der Waals surface area contributed by atoms with Crippen molar-refractivity contribution in [2.45, 2.75) is 13.5 Å². The Morgan fingerprint density at radius 3 is 2.50 bits per heavy atom. The highest BCUT2D eigenvalue weighted by atomic mass is 16.3. The Balaban J connectivity index is 2.53. The van der Waals surface area contributed by atoms with Crippen LogP contribution in [0.2, 0.25) is 0 Å². The van der Waals surface area contributed by atoms with Gasteiger partial charge in [-0.2, -0.15) is 0 Å². The average Bonchev–Trinajstić information content (AvgIpc) is 2.31. The first-order chi connectivity index (χ1) is 7.72. The van der Waals surface area contributed by atoms with E-state index in [-0.39, 0.29) is 12.4 Å². The van der Waals surface area contributed by atoms with Crippen LogP contribution in [0.25, 0.3) is 11.1 Å². The van der Waals surface area contributed by atoms with Crippen LogP contribution in [-0.4, -0.2) is 10.2 Å². The summed E-state index contributed by atoms with van der Waals surface area (Å²) in [4.78, 5) is 0. The zero-order valence-electron chi connectivity index (χ0n) is 9.14. The molecule has 0 bridgehead atoms. The second-order valence-electron chi connectivity index (χ2n) is 3.82. The molecule has 2 rings (SSSR count). The summed E-state index contributed by atoms with van der Waals surface area (Å²) < 4.78 is 0. The Morgan fingerprint density at radius 1 is 1.06 bits per heavy atom. The average molecular weight is 214 g/mol.